The maximum absolute atomic E-state index is 11.8. The van der Waals surface area contributed by atoms with Gasteiger partial charge in [0.1, 0.15) is 0 Å². The van der Waals surface area contributed by atoms with E-state index < -0.39 is 0 Å². The van der Waals surface area contributed by atoms with Gasteiger partial charge in [-0.15, -0.1) is 0 Å². The predicted molar refractivity (Wildman–Crippen MR) is 91.3 cm³/mol. The molecule has 0 heterocycles. The van der Waals surface area contributed by atoms with Crippen LogP contribution in [0.3, 0.4) is 0 Å². The predicted octanol–water partition coefficient (Wildman–Crippen LogP) is 1.79. The molecule has 1 aromatic rings. The largest absolute Gasteiger partial charge is 0.493 e. The Labute approximate surface area is 138 Å². The van der Waals surface area contributed by atoms with Crippen LogP contribution in [0.5, 0.6) is 17.2 Å². The zero-order chi connectivity index (χ0) is 17.2. The van der Waals surface area contributed by atoms with Crippen molar-refractivity contribution >= 4 is 12.0 Å². The van der Waals surface area contributed by atoms with Crippen molar-refractivity contribution in [3.05, 3.63) is 23.8 Å². The van der Waals surface area contributed by atoms with Crippen LogP contribution in [0.25, 0.3) is 6.08 Å². The number of carbonyl (C=O) groups excluding carboxylic acids is 1. The molecule has 0 aliphatic rings. The molecule has 0 fully saturated rings. The number of nitrogens with one attached hydrogen (secondary N) is 1. The summed E-state index contributed by atoms with van der Waals surface area (Å²) in [4.78, 5) is 13.9. The van der Waals surface area contributed by atoms with Crippen molar-refractivity contribution in [1.29, 1.82) is 0 Å². The van der Waals surface area contributed by atoms with E-state index in [1.807, 2.05) is 14.1 Å². The average molecular weight is 322 g/mol. The van der Waals surface area contributed by atoms with E-state index >= 15 is 0 Å². The topological polar surface area (TPSA) is 60.0 Å². The van der Waals surface area contributed by atoms with Crippen molar-refractivity contribution in [2.75, 3.05) is 48.5 Å². The number of hydrogen-bond donors (Lipinski definition) is 1. The summed E-state index contributed by atoms with van der Waals surface area (Å²) in [7, 11) is 8.68. The second kappa shape index (κ2) is 9.74. The molecule has 0 aliphatic heterocycles. The van der Waals surface area contributed by atoms with Crippen LogP contribution in [-0.2, 0) is 4.79 Å². The summed E-state index contributed by atoms with van der Waals surface area (Å²) in [5.41, 5.74) is 0.794. The zero-order valence-electron chi connectivity index (χ0n) is 14.5. The van der Waals surface area contributed by atoms with E-state index in [1.54, 1.807) is 39.5 Å². The van der Waals surface area contributed by atoms with E-state index in [-0.39, 0.29) is 5.91 Å². The maximum atomic E-state index is 11.8. The van der Waals surface area contributed by atoms with Crippen LogP contribution < -0.4 is 19.5 Å². The molecule has 0 saturated carbocycles. The van der Waals surface area contributed by atoms with Gasteiger partial charge in [0.2, 0.25) is 11.7 Å². The summed E-state index contributed by atoms with van der Waals surface area (Å²) in [6, 6.07) is 3.58. The lowest BCUT2D eigenvalue weighted by atomic mass is 10.1. The number of methoxy groups -OCH3 is 3. The van der Waals surface area contributed by atoms with E-state index in [0.29, 0.717) is 23.8 Å². The fraction of sp³-hybridized carbons (Fsp3) is 0.471. The first-order chi connectivity index (χ1) is 11.0. The van der Waals surface area contributed by atoms with Crippen molar-refractivity contribution in [3.63, 3.8) is 0 Å². The summed E-state index contributed by atoms with van der Waals surface area (Å²) >= 11 is 0. The standard InChI is InChI=1S/C17H26N2O4/c1-19(2)10-6-9-18-16(20)8-7-13-11-14(21-3)17(23-5)15(12-13)22-4/h7-8,11-12H,6,9-10H2,1-5H3,(H,18,20)/b8-7+. The number of benzene rings is 1. The van der Waals surface area contributed by atoms with Gasteiger partial charge in [0, 0.05) is 12.6 Å². The fourth-order valence-corrected chi connectivity index (χ4v) is 2.04. The SMILES string of the molecule is COc1cc(/C=C/C(=O)NCCCN(C)C)cc(OC)c1OC. The van der Waals surface area contributed by atoms with Crippen LogP contribution in [-0.4, -0.2) is 59.3 Å². The summed E-state index contributed by atoms with van der Waals surface area (Å²) < 4.78 is 15.8. The number of ether oxygens (including phenoxy) is 3. The molecule has 6 heteroatoms. The van der Waals surface area contributed by atoms with E-state index in [4.69, 9.17) is 14.2 Å². The highest BCUT2D eigenvalue weighted by molar-refractivity contribution is 5.91. The quantitative estimate of drug-likeness (QED) is 0.555. The Kier molecular flexibility index (Phi) is 7.97. The van der Waals surface area contributed by atoms with E-state index in [9.17, 15) is 4.79 Å². The highest BCUT2D eigenvalue weighted by atomic mass is 16.5. The molecule has 0 unspecified atom stereocenters. The molecule has 0 spiro atoms. The Bertz CT molecular complexity index is 516. The first-order valence-corrected chi connectivity index (χ1v) is 7.42. The summed E-state index contributed by atoms with van der Waals surface area (Å²) in [6.07, 6.45) is 4.12. The molecule has 0 atom stereocenters. The van der Waals surface area contributed by atoms with E-state index in [2.05, 4.69) is 10.2 Å². The van der Waals surface area contributed by atoms with E-state index in [0.717, 1.165) is 18.5 Å². The number of nitrogens with zero attached hydrogens (tertiary/aromatic N) is 1. The second-order valence-electron chi connectivity index (χ2n) is 5.24. The summed E-state index contributed by atoms with van der Waals surface area (Å²) in [5, 5.41) is 2.85. The third-order valence-corrected chi connectivity index (χ3v) is 3.20. The molecule has 1 rings (SSSR count). The molecule has 0 saturated heterocycles. The normalized spacial score (nSPS) is 10.9. The lowest BCUT2D eigenvalue weighted by molar-refractivity contribution is -0.116. The van der Waals surface area contributed by atoms with Gasteiger partial charge < -0.3 is 24.4 Å². The smallest absolute Gasteiger partial charge is 0.243 e. The molecule has 0 radical (unpaired) electrons. The Morgan fingerprint density at radius 2 is 1.74 bits per heavy atom. The Hall–Kier alpha value is -2.21. The molecule has 0 aliphatic carbocycles. The number of amides is 1. The minimum atomic E-state index is -0.127. The van der Waals surface area contributed by atoms with Crippen LogP contribution in [0.1, 0.15) is 12.0 Å². The number of rotatable bonds is 9. The van der Waals surface area contributed by atoms with Gasteiger partial charge in [0.25, 0.3) is 0 Å². The molecule has 0 bridgehead atoms. The Balaban J connectivity index is 2.70. The Morgan fingerprint density at radius 3 is 2.22 bits per heavy atom. The van der Waals surface area contributed by atoms with Crippen molar-refractivity contribution in [2.45, 2.75) is 6.42 Å². The van der Waals surface area contributed by atoms with Crippen LogP contribution in [0.2, 0.25) is 0 Å². The van der Waals surface area contributed by atoms with E-state index in [1.165, 1.54) is 6.08 Å². The zero-order valence-corrected chi connectivity index (χ0v) is 14.5. The van der Waals surface area contributed by atoms with Gasteiger partial charge in [-0.05, 0) is 50.8 Å². The highest BCUT2D eigenvalue weighted by Gasteiger charge is 2.12. The molecule has 1 aromatic carbocycles. The molecule has 0 aromatic heterocycles. The minimum absolute atomic E-state index is 0.127. The van der Waals surface area contributed by atoms with Crippen molar-refractivity contribution < 1.29 is 19.0 Å². The maximum Gasteiger partial charge on any atom is 0.243 e. The lowest BCUT2D eigenvalue weighted by Gasteiger charge is -2.12. The monoisotopic (exact) mass is 322 g/mol. The highest BCUT2D eigenvalue weighted by Crippen LogP contribution is 2.38. The van der Waals surface area contributed by atoms with Gasteiger partial charge in [-0.25, -0.2) is 0 Å². The van der Waals surface area contributed by atoms with Gasteiger partial charge in [-0.3, -0.25) is 4.79 Å². The molecule has 128 valence electrons. The number of carbonyl (C=O) groups is 1. The van der Waals surface area contributed by atoms with Gasteiger partial charge in [-0.1, -0.05) is 0 Å². The van der Waals surface area contributed by atoms with Gasteiger partial charge in [0.15, 0.2) is 11.5 Å². The molecular weight excluding hydrogens is 296 g/mol. The molecule has 1 N–H and O–H groups in total. The van der Waals surface area contributed by atoms with Gasteiger partial charge >= 0.3 is 0 Å². The van der Waals surface area contributed by atoms with Crippen LogP contribution >= 0.6 is 0 Å². The first-order valence-electron chi connectivity index (χ1n) is 7.42. The third-order valence-electron chi connectivity index (χ3n) is 3.20. The van der Waals surface area contributed by atoms with Crippen LogP contribution in [0, 0.1) is 0 Å². The van der Waals surface area contributed by atoms with Crippen molar-refractivity contribution in [3.8, 4) is 17.2 Å². The Morgan fingerprint density at radius 1 is 1.13 bits per heavy atom. The number of hydrogen-bond acceptors (Lipinski definition) is 5. The summed E-state index contributed by atoms with van der Waals surface area (Å²) in [5.74, 6) is 1.51. The van der Waals surface area contributed by atoms with Crippen molar-refractivity contribution in [2.24, 2.45) is 0 Å². The fourth-order valence-electron chi connectivity index (χ4n) is 2.04. The summed E-state index contributed by atoms with van der Waals surface area (Å²) in [6.45, 7) is 1.59. The molecule has 23 heavy (non-hydrogen) atoms. The molecule has 6 nitrogen and oxygen atoms in total. The minimum Gasteiger partial charge on any atom is -0.493 e. The van der Waals surface area contributed by atoms with Gasteiger partial charge in [-0.2, -0.15) is 0 Å². The lowest BCUT2D eigenvalue weighted by Crippen LogP contribution is -2.25. The average Bonchev–Trinajstić information content (AvgIpc) is 2.55. The third kappa shape index (κ3) is 6.20. The molecule has 1 amide bonds. The van der Waals surface area contributed by atoms with Crippen molar-refractivity contribution in [1.82, 2.24) is 10.2 Å². The van der Waals surface area contributed by atoms with Gasteiger partial charge in [0.05, 0.1) is 21.3 Å². The second-order valence-corrected chi connectivity index (χ2v) is 5.24. The molecular formula is C17H26N2O4. The van der Waals surface area contributed by atoms with Crippen LogP contribution in [0.4, 0.5) is 0 Å². The van der Waals surface area contributed by atoms with Crippen LogP contribution in [0.15, 0.2) is 18.2 Å². The first kappa shape index (κ1) is 18.8.